The number of hydrogen-bond acceptors (Lipinski definition) is 3. The van der Waals surface area contributed by atoms with Crippen molar-refractivity contribution < 1.29 is 8.42 Å². The number of rotatable bonds is 6. The first-order chi connectivity index (χ1) is 7.91. The van der Waals surface area contributed by atoms with Crippen molar-refractivity contribution in [1.82, 2.24) is 9.78 Å². The lowest BCUT2D eigenvalue weighted by Crippen LogP contribution is -2.17. The van der Waals surface area contributed by atoms with Gasteiger partial charge in [-0.15, -0.1) is 11.6 Å². The van der Waals surface area contributed by atoms with Crippen LogP contribution in [0.1, 0.15) is 30.3 Å². The van der Waals surface area contributed by atoms with Gasteiger partial charge in [0, 0.05) is 17.0 Å². The van der Waals surface area contributed by atoms with Crippen molar-refractivity contribution in [3.8, 4) is 0 Å². The fourth-order valence-electron chi connectivity index (χ4n) is 1.78. The molecule has 1 aromatic rings. The van der Waals surface area contributed by atoms with Crippen molar-refractivity contribution in [3.63, 3.8) is 0 Å². The molecule has 1 heterocycles. The molecule has 0 unspecified atom stereocenters. The topological polar surface area (TPSA) is 52.0 Å². The van der Waals surface area contributed by atoms with Gasteiger partial charge in [-0.25, -0.2) is 8.42 Å². The van der Waals surface area contributed by atoms with E-state index in [1.165, 1.54) is 0 Å². The molecule has 0 N–H and O–H groups in total. The van der Waals surface area contributed by atoms with E-state index < -0.39 is 9.84 Å². The third-order valence-electron chi connectivity index (χ3n) is 2.79. The van der Waals surface area contributed by atoms with Crippen LogP contribution in [0.25, 0.3) is 0 Å². The zero-order valence-corrected chi connectivity index (χ0v) is 12.1. The van der Waals surface area contributed by atoms with Gasteiger partial charge < -0.3 is 0 Å². The summed E-state index contributed by atoms with van der Waals surface area (Å²) in [6, 6.07) is 0. The minimum atomic E-state index is -2.95. The highest BCUT2D eigenvalue weighted by atomic mass is 35.5. The van der Waals surface area contributed by atoms with Crippen LogP contribution in [-0.2, 0) is 22.3 Å². The van der Waals surface area contributed by atoms with E-state index in [1.807, 2.05) is 20.8 Å². The Morgan fingerprint density at radius 2 is 1.94 bits per heavy atom. The van der Waals surface area contributed by atoms with Crippen LogP contribution in [0, 0.1) is 13.8 Å². The molecule has 0 fully saturated rings. The normalized spacial score (nSPS) is 12.0. The first-order valence-corrected chi connectivity index (χ1v) is 8.06. The second-order valence-electron chi connectivity index (χ2n) is 4.16. The summed E-state index contributed by atoms with van der Waals surface area (Å²) in [5.74, 6) is 0.804. The van der Waals surface area contributed by atoms with Gasteiger partial charge >= 0.3 is 0 Å². The maximum absolute atomic E-state index is 11.6. The van der Waals surface area contributed by atoms with Crippen LogP contribution in [0.5, 0.6) is 0 Å². The number of aromatic nitrogens is 2. The van der Waals surface area contributed by atoms with Crippen molar-refractivity contribution in [2.24, 2.45) is 0 Å². The van der Waals surface area contributed by atoms with Gasteiger partial charge in [0.1, 0.15) is 0 Å². The molecule has 0 aliphatic heterocycles. The number of halogens is 1. The van der Waals surface area contributed by atoms with Crippen LogP contribution in [-0.4, -0.2) is 29.7 Å². The van der Waals surface area contributed by atoms with E-state index in [0.717, 1.165) is 17.0 Å². The van der Waals surface area contributed by atoms with Gasteiger partial charge in [0.2, 0.25) is 0 Å². The molecule has 0 bridgehead atoms. The maximum atomic E-state index is 11.6. The van der Waals surface area contributed by atoms with Gasteiger partial charge in [0.05, 0.1) is 23.9 Å². The molecule has 0 aliphatic rings. The van der Waals surface area contributed by atoms with Crippen molar-refractivity contribution in [3.05, 3.63) is 17.0 Å². The fraction of sp³-hybridized carbons (Fsp3) is 0.727. The highest BCUT2D eigenvalue weighted by Gasteiger charge is 2.14. The van der Waals surface area contributed by atoms with Gasteiger partial charge in [0.15, 0.2) is 9.84 Å². The fourth-order valence-corrected chi connectivity index (χ4v) is 3.45. The first-order valence-electron chi connectivity index (χ1n) is 5.70. The molecular weight excluding hydrogens is 260 g/mol. The van der Waals surface area contributed by atoms with Crippen molar-refractivity contribution in [2.75, 3.05) is 11.5 Å². The molecule has 1 aromatic heterocycles. The van der Waals surface area contributed by atoms with Crippen LogP contribution in [0.4, 0.5) is 0 Å². The van der Waals surface area contributed by atoms with Gasteiger partial charge in [-0.05, 0) is 20.3 Å². The second-order valence-corrected chi connectivity index (χ2v) is 6.73. The number of sulfone groups is 1. The summed E-state index contributed by atoms with van der Waals surface area (Å²) in [5, 5.41) is 4.31. The summed E-state index contributed by atoms with van der Waals surface area (Å²) in [6.07, 6.45) is 0.659. The van der Waals surface area contributed by atoms with E-state index in [4.69, 9.17) is 11.6 Å². The van der Waals surface area contributed by atoms with Crippen LogP contribution in [0.3, 0.4) is 0 Å². The van der Waals surface area contributed by atoms with Crippen molar-refractivity contribution >= 4 is 21.4 Å². The Labute approximate surface area is 108 Å². The molecule has 0 radical (unpaired) electrons. The number of nitrogens with zero attached hydrogens (tertiary/aromatic N) is 2. The van der Waals surface area contributed by atoms with Crippen molar-refractivity contribution in [1.29, 1.82) is 0 Å². The molecule has 0 saturated carbocycles. The molecule has 6 heteroatoms. The van der Waals surface area contributed by atoms with Gasteiger partial charge in [-0.3, -0.25) is 4.68 Å². The van der Waals surface area contributed by atoms with E-state index in [2.05, 4.69) is 5.10 Å². The lowest BCUT2D eigenvalue weighted by atomic mass is 10.2. The van der Waals surface area contributed by atoms with Crippen LogP contribution in [0.15, 0.2) is 0 Å². The zero-order valence-electron chi connectivity index (χ0n) is 10.5. The SMILES string of the molecule is CCCS(=O)(=O)CCn1nc(C)c(CCl)c1C. The summed E-state index contributed by atoms with van der Waals surface area (Å²) >= 11 is 5.82. The second kappa shape index (κ2) is 5.87. The van der Waals surface area contributed by atoms with E-state index in [-0.39, 0.29) is 11.5 Å². The Kier molecular flexibility index (Phi) is 5.01. The highest BCUT2D eigenvalue weighted by molar-refractivity contribution is 7.91. The Hall–Kier alpha value is -0.550. The summed E-state index contributed by atoms with van der Waals surface area (Å²) in [4.78, 5) is 0. The monoisotopic (exact) mass is 278 g/mol. The quantitative estimate of drug-likeness (QED) is 0.749. The molecule has 0 aromatic carbocycles. The molecule has 98 valence electrons. The molecular formula is C11H19ClN2O2S. The van der Waals surface area contributed by atoms with Gasteiger partial charge in [-0.1, -0.05) is 6.92 Å². The van der Waals surface area contributed by atoms with Crippen LogP contribution >= 0.6 is 11.6 Å². The summed E-state index contributed by atoms with van der Waals surface area (Å²) in [6.45, 7) is 6.09. The minimum absolute atomic E-state index is 0.143. The smallest absolute Gasteiger partial charge is 0.152 e. The molecule has 0 saturated heterocycles. The lowest BCUT2D eigenvalue weighted by Gasteiger charge is -2.05. The van der Waals surface area contributed by atoms with Crippen molar-refractivity contribution in [2.45, 2.75) is 39.6 Å². The third-order valence-corrected chi connectivity index (χ3v) is 4.90. The van der Waals surface area contributed by atoms with Gasteiger partial charge in [-0.2, -0.15) is 5.10 Å². The summed E-state index contributed by atoms with van der Waals surface area (Å²) in [7, 11) is -2.95. The Balaban J connectivity index is 2.77. The van der Waals surface area contributed by atoms with E-state index in [9.17, 15) is 8.42 Å². The molecule has 0 amide bonds. The number of alkyl halides is 1. The molecule has 0 atom stereocenters. The van der Waals surface area contributed by atoms with Crippen LogP contribution < -0.4 is 0 Å². The predicted octanol–water partition coefficient (Wildman–Crippen LogP) is 2.06. The van der Waals surface area contributed by atoms with E-state index >= 15 is 0 Å². The largest absolute Gasteiger partial charge is 0.268 e. The molecule has 17 heavy (non-hydrogen) atoms. The number of hydrogen-bond donors (Lipinski definition) is 0. The average molecular weight is 279 g/mol. The molecule has 0 spiro atoms. The predicted molar refractivity (Wildman–Crippen MR) is 70.2 cm³/mol. The lowest BCUT2D eigenvalue weighted by molar-refractivity contribution is 0.575. The van der Waals surface area contributed by atoms with E-state index in [0.29, 0.717) is 18.8 Å². The molecule has 1 rings (SSSR count). The molecule has 4 nitrogen and oxygen atoms in total. The van der Waals surface area contributed by atoms with Gasteiger partial charge in [0.25, 0.3) is 0 Å². The Morgan fingerprint density at radius 1 is 1.29 bits per heavy atom. The third kappa shape index (κ3) is 3.71. The Bertz CT molecular complexity index is 480. The number of aryl methyl sites for hydroxylation is 2. The molecule has 0 aliphatic carbocycles. The average Bonchev–Trinajstić information content (AvgIpc) is 2.51. The van der Waals surface area contributed by atoms with E-state index in [1.54, 1.807) is 4.68 Å². The first kappa shape index (κ1) is 14.5. The highest BCUT2D eigenvalue weighted by Crippen LogP contribution is 2.15. The maximum Gasteiger partial charge on any atom is 0.152 e. The summed E-state index contributed by atoms with van der Waals surface area (Å²) in [5.41, 5.74) is 2.84. The minimum Gasteiger partial charge on any atom is -0.268 e. The Morgan fingerprint density at radius 3 is 2.41 bits per heavy atom. The standard InChI is InChI=1S/C11H19ClN2O2S/c1-4-6-17(15,16)7-5-14-10(3)11(8-12)9(2)13-14/h4-8H2,1-3H3. The zero-order chi connectivity index (χ0) is 13.1. The summed E-state index contributed by atoms with van der Waals surface area (Å²) < 4.78 is 25.0. The van der Waals surface area contributed by atoms with Crippen LogP contribution in [0.2, 0.25) is 0 Å².